The number of aromatic nitrogens is 1. The van der Waals surface area contributed by atoms with Crippen molar-refractivity contribution >= 4 is 17.9 Å². The molecule has 0 aliphatic rings. The number of benzene rings is 2. The molecule has 0 radical (unpaired) electrons. The van der Waals surface area contributed by atoms with Gasteiger partial charge in [0.15, 0.2) is 0 Å². The van der Waals surface area contributed by atoms with E-state index in [0.717, 1.165) is 22.3 Å². The van der Waals surface area contributed by atoms with E-state index in [0.29, 0.717) is 12.1 Å². The van der Waals surface area contributed by atoms with Crippen molar-refractivity contribution in [2.75, 3.05) is 0 Å². The van der Waals surface area contributed by atoms with Crippen LogP contribution < -0.4 is 10.6 Å². The molecule has 5 heteroatoms. The number of hydrogen-bond acceptors (Lipinski definition) is 3. The Kier molecular flexibility index (Phi) is 6.53. The van der Waals surface area contributed by atoms with Gasteiger partial charge in [-0.3, -0.25) is 14.6 Å². The monoisotopic (exact) mass is 385 g/mol. The number of pyridine rings is 1. The highest BCUT2D eigenvalue weighted by molar-refractivity contribution is 6.05. The van der Waals surface area contributed by atoms with E-state index in [1.807, 2.05) is 62.4 Å². The highest BCUT2D eigenvalue weighted by atomic mass is 16.2. The number of rotatable bonds is 6. The van der Waals surface area contributed by atoms with E-state index in [4.69, 9.17) is 0 Å². The number of amides is 2. The third kappa shape index (κ3) is 5.87. The van der Waals surface area contributed by atoms with Crippen LogP contribution >= 0.6 is 0 Å². The molecule has 146 valence electrons. The van der Waals surface area contributed by atoms with Crippen LogP contribution in [0.1, 0.15) is 32.6 Å². The minimum Gasteiger partial charge on any atom is -0.347 e. The van der Waals surface area contributed by atoms with Gasteiger partial charge in [-0.15, -0.1) is 0 Å². The molecule has 2 amide bonds. The minimum atomic E-state index is -0.366. The molecule has 2 aromatic carbocycles. The topological polar surface area (TPSA) is 71.1 Å². The summed E-state index contributed by atoms with van der Waals surface area (Å²) in [6.45, 7) is 4.27. The summed E-state index contributed by atoms with van der Waals surface area (Å²) in [5.41, 5.74) is 4.56. The summed E-state index contributed by atoms with van der Waals surface area (Å²) in [5, 5.41) is 5.58. The van der Waals surface area contributed by atoms with Gasteiger partial charge in [-0.1, -0.05) is 53.6 Å². The number of nitrogens with one attached hydrogen (secondary N) is 2. The lowest BCUT2D eigenvalue weighted by Gasteiger charge is -2.11. The minimum absolute atomic E-state index is 0.184. The smallest absolute Gasteiger partial charge is 0.268 e. The Bertz CT molecular complexity index is 1010. The molecule has 0 spiro atoms. The summed E-state index contributed by atoms with van der Waals surface area (Å²) < 4.78 is 0. The van der Waals surface area contributed by atoms with Crippen molar-refractivity contribution in [2.24, 2.45) is 0 Å². The van der Waals surface area contributed by atoms with Crippen molar-refractivity contribution in [3.8, 4) is 0 Å². The van der Waals surface area contributed by atoms with E-state index in [-0.39, 0.29) is 17.5 Å². The van der Waals surface area contributed by atoms with E-state index in [1.54, 1.807) is 30.6 Å². The maximum Gasteiger partial charge on any atom is 0.268 e. The quantitative estimate of drug-likeness (QED) is 0.634. The zero-order valence-corrected chi connectivity index (χ0v) is 16.5. The van der Waals surface area contributed by atoms with E-state index in [2.05, 4.69) is 15.6 Å². The number of aryl methyl sites for hydroxylation is 2. The molecule has 0 saturated carbocycles. The number of carbonyl (C=O) groups excluding carboxylic acids is 2. The number of carbonyl (C=O) groups is 2. The molecule has 0 unspecified atom stereocenters. The lowest BCUT2D eigenvalue weighted by atomic mass is 10.1. The maximum absolute atomic E-state index is 12.8. The molecule has 1 aromatic heterocycles. The first kappa shape index (κ1) is 20.0. The average Bonchev–Trinajstić information content (AvgIpc) is 2.74. The molecule has 3 aromatic rings. The molecule has 0 saturated heterocycles. The van der Waals surface area contributed by atoms with Gasteiger partial charge in [-0.05, 0) is 49.2 Å². The van der Waals surface area contributed by atoms with Crippen LogP contribution in [0.5, 0.6) is 0 Å². The van der Waals surface area contributed by atoms with Crippen LogP contribution in [-0.2, 0) is 11.3 Å². The van der Waals surface area contributed by atoms with Crippen molar-refractivity contribution in [3.63, 3.8) is 0 Å². The number of nitrogens with zero attached hydrogens (tertiary/aromatic N) is 1. The first-order chi connectivity index (χ1) is 14.0. The second-order valence-electron chi connectivity index (χ2n) is 6.83. The second-order valence-corrected chi connectivity index (χ2v) is 6.83. The molecule has 3 rings (SSSR count). The van der Waals surface area contributed by atoms with Crippen LogP contribution in [0.25, 0.3) is 6.08 Å². The van der Waals surface area contributed by atoms with Crippen molar-refractivity contribution in [1.82, 2.24) is 15.6 Å². The molecule has 2 N–H and O–H groups in total. The van der Waals surface area contributed by atoms with Crippen LogP contribution in [0.4, 0.5) is 0 Å². The first-order valence-electron chi connectivity index (χ1n) is 9.35. The fourth-order valence-electron chi connectivity index (χ4n) is 2.67. The Balaban J connectivity index is 1.80. The SMILES string of the molecule is Cc1ccc(/C=C(\NC(=O)c2ccc(C)cc2)C(=O)NCc2cccnc2)cc1. The van der Waals surface area contributed by atoms with Gasteiger partial charge < -0.3 is 10.6 Å². The van der Waals surface area contributed by atoms with Gasteiger partial charge in [0.05, 0.1) is 0 Å². The zero-order chi connectivity index (χ0) is 20.6. The molecule has 0 aliphatic carbocycles. The summed E-state index contributed by atoms with van der Waals surface area (Å²) in [6, 6.07) is 18.6. The summed E-state index contributed by atoms with van der Waals surface area (Å²) in [6.07, 6.45) is 5.04. The van der Waals surface area contributed by atoms with Gasteiger partial charge in [-0.2, -0.15) is 0 Å². The average molecular weight is 385 g/mol. The van der Waals surface area contributed by atoms with Gasteiger partial charge in [0.25, 0.3) is 11.8 Å². The Hall–Kier alpha value is -3.73. The fourth-order valence-corrected chi connectivity index (χ4v) is 2.67. The molecule has 0 fully saturated rings. The standard InChI is InChI=1S/C24H23N3O2/c1-17-5-9-19(10-6-17)14-22(24(29)26-16-20-4-3-13-25-15-20)27-23(28)21-11-7-18(2)8-12-21/h3-15H,16H2,1-2H3,(H,26,29)(H,27,28)/b22-14-. The summed E-state index contributed by atoms with van der Waals surface area (Å²) >= 11 is 0. The lowest BCUT2D eigenvalue weighted by Crippen LogP contribution is -2.34. The van der Waals surface area contributed by atoms with E-state index in [9.17, 15) is 9.59 Å². The third-order valence-corrected chi connectivity index (χ3v) is 4.37. The van der Waals surface area contributed by atoms with Gasteiger partial charge >= 0.3 is 0 Å². The highest BCUT2D eigenvalue weighted by Gasteiger charge is 2.14. The van der Waals surface area contributed by atoms with Crippen molar-refractivity contribution in [2.45, 2.75) is 20.4 Å². The predicted molar refractivity (Wildman–Crippen MR) is 114 cm³/mol. The van der Waals surface area contributed by atoms with Crippen molar-refractivity contribution in [3.05, 3.63) is 107 Å². The molecule has 29 heavy (non-hydrogen) atoms. The molecule has 5 nitrogen and oxygen atoms in total. The van der Waals surface area contributed by atoms with Crippen LogP contribution in [0.3, 0.4) is 0 Å². The Morgan fingerprint density at radius 2 is 1.59 bits per heavy atom. The summed E-state index contributed by atoms with van der Waals surface area (Å²) in [7, 11) is 0. The highest BCUT2D eigenvalue weighted by Crippen LogP contribution is 2.10. The fraction of sp³-hybridized carbons (Fsp3) is 0.125. The summed E-state index contributed by atoms with van der Waals surface area (Å²) in [5.74, 6) is -0.699. The van der Waals surface area contributed by atoms with Crippen molar-refractivity contribution < 1.29 is 9.59 Å². The Labute approximate surface area is 170 Å². The van der Waals surface area contributed by atoms with Crippen LogP contribution in [0, 0.1) is 13.8 Å². The summed E-state index contributed by atoms with van der Waals surface area (Å²) in [4.78, 5) is 29.5. The molecule has 0 aliphatic heterocycles. The maximum atomic E-state index is 12.8. The van der Waals surface area contributed by atoms with E-state index < -0.39 is 0 Å². The predicted octanol–water partition coefficient (Wildman–Crippen LogP) is 3.79. The second kappa shape index (κ2) is 9.46. The molecular weight excluding hydrogens is 362 g/mol. The van der Waals surface area contributed by atoms with Gasteiger partial charge in [0.2, 0.25) is 0 Å². The Morgan fingerprint density at radius 3 is 2.21 bits per heavy atom. The van der Waals surface area contributed by atoms with Crippen LogP contribution in [0.15, 0.2) is 78.8 Å². The van der Waals surface area contributed by atoms with Crippen LogP contribution in [0.2, 0.25) is 0 Å². The first-order valence-corrected chi connectivity index (χ1v) is 9.35. The van der Waals surface area contributed by atoms with Gasteiger partial charge in [0.1, 0.15) is 5.70 Å². The number of hydrogen-bond donors (Lipinski definition) is 2. The molecule has 1 heterocycles. The van der Waals surface area contributed by atoms with Gasteiger partial charge in [-0.25, -0.2) is 0 Å². The third-order valence-electron chi connectivity index (χ3n) is 4.37. The van der Waals surface area contributed by atoms with Crippen molar-refractivity contribution in [1.29, 1.82) is 0 Å². The largest absolute Gasteiger partial charge is 0.347 e. The van der Waals surface area contributed by atoms with Gasteiger partial charge in [0, 0.05) is 24.5 Å². The Morgan fingerprint density at radius 1 is 0.931 bits per heavy atom. The molecular formula is C24H23N3O2. The molecule has 0 atom stereocenters. The van der Waals surface area contributed by atoms with E-state index in [1.165, 1.54) is 0 Å². The lowest BCUT2D eigenvalue weighted by molar-refractivity contribution is -0.117. The zero-order valence-electron chi connectivity index (χ0n) is 16.5. The normalized spacial score (nSPS) is 11.0. The van der Waals surface area contributed by atoms with Crippen LogP contribution in [-0.4, -0.2) is 16.8 Å². The molecule has 0 bridgehead atoms. The van der Waals surface area contributed by atoms with E-state index >= 15 is 0 Å².